The van der Waals surface area contributed by atoms with Crippen molar-refractivity contribution in [1.29, 1.82) is 0 Å². The normalized spacial score (nSPS) is 11.6. The lowest BCUT2D eigenvalue weighted by atomic mass is 9.92. The average Bonchev–Trinajstić information content (AvgIpc) is 3.51. The van der Waals surface area contributed by atoms with Crippen LogP contribution in [0.1, 0.15) is 0 Å². The molecule has 0 aliphatic rings. The Morgan fingerprint density at radius 1 is 0.422 bits per heavy atom. The minimum atomic E-state index is 0.627. The van der Waals surface area contributed by atoms with Crippen molar-refractivity contribution < 1.29 is 4.42 Å². The quantitative estimate of drug-likeness (QED) is 0.209. The monoisotopic (exact) mass is 576 g/mol. The van der Waals surface area contributed by atoms with Gasteiger partial charge in [-0.2, -0.15) is 0 Å². The number of fused-ring (bicyclic) bond motifs is 6. The summed E-state index contributed by atoms with van der Waals surface area (Å²) >= 11 is 0. The Labute approximate surface area is 258 Å². The van der Waals surface area contributed by atoms with Crippen molar-refractivity contribution in [2.24, 2.45) is 0 Å². The highest BCUT2D eigenvalue weighted by molar-refractivity contribution is 6.23. The highest BCUT2D eigenvalue weighted by Crippen LogP contribution is 2.43. The number of hydrogen-bond acceptors (Lipinski definition) is 5. The van der Waals surface area contributed by atoms with Crippen molar-refractivity contribution in [3.63, 3.8) is 0 Å². The van der Waals surface area contributed by atoms with Crippen molar-refractivity contribution in [2.45, 2.75) is 0 Å². The molecule has 9 aromatic rings. The topological polar surface area (TPSA) is 64.7 Å². The van der Waals surface area contributed by atoms with Gasteiger partial charge in [-0.05, 0) is 45.3 Å². The zero-order valence-corrected chi connectivity index (χ0v) is 24.1. The molecule has 0 spiro atoms. The highest BCUT2D eigenvalue weighted by Gasteiger charge is 2.20. The molecule has 0 N–H and O–H groups in total. The molecule has 0 saturated heterocycles. The minimum absolute atomic E-state index is 0.627. The third-order valence-electron chi connectivity index (χ3n) is 8.39. The lowest BCUT2D eigenvalue weighted by molar-refractivity contribution is 0.655. The van der Waals surface area contributed by atoms with Crippen LogP contribution in [0, 0.1) is 0 Å². The van der Waals surface area contributed by atoms with Crippen LogP contribution in [0.15, 0.2) is 150 Å². The second-order valence-corrected chi connectivity index (χ2v) is 11.1. The zero-order chi connectivity index (χ0) is 29.7. The Bertz CT molecular complexity index is 2480. The van der Waals surface area contributed by atoms with Crippen molar-refractivity contribution >= 4 is 43.6 Å². The molecule has 45 heavy (non-hydrogen) atoms. The summed E-state index contributed by atoms with van der Waals surface area (Å²) in [5, 5.41) is 6.53. The van der Waals surface area contributed by atoms with Crippen LogP contribution in [0.4, 0.5) is 0 Å². The Hall–Kier alpha value is -6.20. The number of pyridine rings is 1. The fraction of sp³-hybridized carbons (Fsp3) is 0. The van der Waals surface area contributed by atoms with E-state index in [1.807, 2.05) is 66.7 Å². The van der Waals surface area contributed by atoms with E-state index in [9.17, 15) is 0 Å². The minimum Gasteiger partial charge on any atom is -0.437 e. The molecule has 0 aliphatic carbocycles. The van der Waals surface area contributed by atoms with Gasteiger partial charge >= 0.3 is 0 Å². The number of rotatable bonds is 4. The number of nitrogens with zero attached hydrogens (tertiary/aromatic N) is 4. The SMILES string of the molecule is c1ccc(-c2nc(-c3ccccc3)nc(-c3cccc4c(-c5cc6ccccc6c6c5oc5ncccc56)cccc34)n2)cc1. The zero-order valence-electron chi connectivity index (χ0n) is 24.1. The van der Waals surface area contributed by atoms with E-state index >= 15 is 0 Å². The lowest BCUT2D eigenvalue weighted by Crippen LogP contribution is -2.00. The molecule has 3 heterocycles. The highest BCUT2D eigenvalue weighted by atomic mass is 16.3. The van der Waals surface area contributed by atoms with E-state index in [-0.39, 0.29) is 0 Å². The molecule has 5 nitrogen and oxygen atoms in total. The molecular weight excluding hydrogens is 552 g/mol. The van der Waals surface area contributed by atoms with Gasteiger partial charge in [-0.1, -0.05) is 121 Å². The molecule has 0 bridgehead atoms. The first-order chi connectivity index (χ1) is 22.3. The first-order valence-corrected chi connectivity index (χ1v) is 14.9. The molecule has 0 unspecified atom stereocenters. The van der Waals surface area contributed by atoms with E-state index in [1.165, 1.54) is 0 Å². The predicted octanol–water partition coefficient (Wildman–Crippen LogP) is 10.1. The number of hydrogen-bond donors (Lipinski definition) is 0. The van der Waals surface area contributed by atoms with Gasteiger partial charge in [0.25, 0.3) is 0 Å². The standard InChI is InChI=1S/C40H24N4O/c1-3-12-25(13-4-1)37-42-38(26-14-5-2-6-15-26)44-39(43-37)32-21-10-18-29-30(32)19-9-20-31(29)34-24-27-16-7-8-17-28(27)35-33-22-11-23-41-40(33)45-36(34)35/h1-24H. The smallest absolute Gasteiger partial charge is 0.227 e. The molecule has 5 heteroatoms. The molecule has 9 rings (SSSR count). The van der Waals surface area contributed by atoms with Gasteiger partial charge in [0.15, 0.2) is 17.5 Å². The molecule has 0 aliphatic heterocycles. The van der Waals surface area contributed by atoms with Gasteiger partial charge in [0, 0.05) is 39.2 Å². The molecule has 0 atom stereocenters. The van der Waals surface area contributed by atoms with E-state index in [1.54, 1.807) is 6.20 Å². The van der Waals surface area contributed by atoms with Crippen molar-refractivity contribution in [2.75, 3.05) is 0 Å². The Kier molecular flexibility index (Phi) is 5.74. The van der Waals surface area contributed by atoms with E-state index in [2.05, 4.69) is 77.8 Å². The first kappa shape index (κ1) is 25.3. The van der Waals surface area contributed by atoms with Gasteiger partial charge < -0.3 is 4.42 Å². The van der Waals surface area contributed by atoms with Gasteiger partial charge in [0.1, 0.15) is 5.58 Å². The van der Waals surface area contributed by atoms with Crippen molar-refractivity contribution in [3.05, 3.63) is 146 Å². The van der Waals surface area contributed by atoms with Crippen molar-refractivity contribution in [3.8, 4) is 45.3 Å². The molecule has 210 valence electrons. The number of furan rings is 1. The van der Waals surface area contributed by atoms with Gasteiger partial charge in [-0.3, -0.25) is 0 Å². The van der Waals surface area contributed by atoms with Crippen LogP contribution in [-0.2, 0) is 0 Å². The lowest BCUT2D eigenvalue weighted by Gasteiger charge is -2.13. The van der Waals surface area contributed by atoms with Gasteiger partial charge in [-0.25, -0.2) is 19.9 Å². The van der Waals surface area contributed by atoms with Crippen LogP contribution in [0.25, 0.3) is 88.9 Å². The molecule has 0 saturated carbocycles. The summed E-state index contributed by atoms with van der Waals surface area (Å²) < 4.78 is 6.50. The van der Waals surface area contributed by atoms with E-state index < -0.39 is 0 Å². The Balaban J connectivity index is 1.31. The third kappa shape index (κ3) is 4.17. The fourth-order valence-corrected chi connectivity index (χ4v) is 6.33. The maximum Gasteiger partial charge on any atom is 0.227 e. The van der Waals surface area contributed by atoms with Crippen molar-refractivity contribution in [1.82, 2.24) is 19.9 Å². The van der Waals surface area contributed by atoms with Gasteiger partial charge in [-0.15, -0.1) is 0 Å². The molecular formula is C40H24N4O. The fourth-order valence-electron chi connectivity index (χ4n) is 6.33. The summed E-state index contributed by atoms with van der Waals surface area (Å²) in [5.74, 6) is 1.90. The van der Waals surface area contributed by atoms with Gasteiger partial charge in [0.2, 0.25) is 5.71 Å². The number of benzene rings is 6. The van der Waals surface area contributed by atoms with E-state index in [0.29, 0.717) is 23.2 Å². The van der Waals surface area contributed by atoms with Crippen LogP contribution in [0.2, 0.25) is 0 Å². The summed E-state index contributed by atoms with van der Waals surface area (Å²) in [6.07, 6.45) is 1.78. The maximum absolute atomic E-state index is 6.50. The van der Waals surface area contributed by atoms with Crippen LogP contribution in [-0.4, -0.2) is 19.9 Å². The van der Waals surface area contributed by atoms with Crippen LogP contribution >= 0.6 is 0 Å². The van der Waals surface area contributed by atoms with Crippen LogP contribution in [0.3, 0.4) is 0 Å². The summed E-state index contributed by atoms with van der Waals surface area (Å²) in [5.41, 5.74) is 6.39. The third-order valence-corrected chi connectivity index (χ3v) is 8.39. The Morgan fingerprint density at radius 2 is 1.00 bits per heavy atom. The molecule has 0 fully saturated rings. The average molecular weight is 577 g/mol. The second-order valence-electron chi connectivity index (χ2n) is 11.1. The van der Waals surface area contributed by atoms with Gasteiger partial charge in [0.05, 0.1) is 0 Å². The predicted molar refractivity (Wildman–Crippen MR) is 182 cm³/mol. The molecule has 0 radical (unpaired) electrons. The van der Waals surface area contributed by atoms with E-state index in [0.717, 1.165) is 65.7 Å². The van der Waals surface area contributed by atoms with Crippen LogP contribution < -0.4 is 0 Å². The first-order valence-electron chi connectivity index (χ1n) is 14.9. The molecule has 0 amide bonds. The Morgan fingerprint density at radius 3 is 1.73 bits per heavy atom. The summed E-state index contributed by atoms with van der Waals surface area (Å²) in [4.78, 5) is 19.5. The molecule has 3 aromatic heterocycles. The summed E-state index contributed by atoms with van der Waals surface area (Å²) in [7, 11) is 0. The van der Waals surface area contributed by atoms with Crippen LogP contribution in [0.5, 0.6) is 0 Å². The second kappa shape index (κ2) is 10.2. The summed E-state index contributed by atoms with van der Waals surface area (Å²) in [6.45, 7) is 0. The van der Waals surface area contributed by atoms with E-state index in [4.69, 9.17) is 19.4 Å². The largest absolute Gasteiger partial charge is 0.437 e. The summed E-state index contributed by atoms with van der Waals surface area (Å²) in [6, 6.07) is 47.6. The maximum atomic E-state index is 6.50. The number of aromatic nitrogens is 4. The molecule has 6 aromatic carbocycles.